The molecule has 2 N–H and O–H groups in total. The molecule has 2 saturated heterocycles. The summed E-state index contributed by atoms with van der Waals surface area (Å²) >= 11 is 6.25. The molecule has 5 rings (SSSR count). The van der Waals surface area contributed by atoms with E-state index < -0.39 is 23.5 Å². The molecule has 0 aliphatic carbocycles. The van der Waals surface area contributed by atoms with Crippen molar-refractivity contribution in [3.05, 3.63) is 58.7 Å². The van der Waals surface area contributed by atoms with E-state index in [4.69, 9.17) is 11.6 Å². The number of hydrogen-bond donors (Lipinski definition) is 2. The Hall–Kier alpha value is -3.92. The minimum absolute atomic E-state index is 0.181. The number of carbonyl (C=O) groups excluding carboxylic acids is 4. The second kappa shape index (κ2) is 10.00. The third kappa shape index (κ3) is 4.52. The molecule has 2 aliphatic heterocycles. The lowest BCUT2D eigenvalue weighted by molar-refractivity contribution is -0.139. The lowest BCUT2D eigenvalue weighted by Crippen LogP contribution is -2.60. The molecule has 2 aromatic carbocycles. The maximum atomic E-state index is 13.6. The number of nitrogens with one attached hydrogen (secondary N) is 2. The summed E-state index contributed by atoms with van der Waals surface area (Å²) in [7, 11) is 1.49. The lowest BCUT2D eigenvalue weighted by Gasteiger charge is -2.43. The quantitative estimate of drug-likeness (QED) is 0.469. The van der Waals surface area contributed by atoms with Gasteiger partial charge in [0.05, 0.1) is 22.3 Å². The van der Waals surface area contributed by atoms with Crippen LogP contribution in [0.3, 0.4) is 0 Å². The fraction of sp³-hybridized carbons (Fsp3) is 0.393. The molecule has 0 bridgehead atoms. The molecule has 39 heavy (non-hydrogen) atoms. The van der Waals surface area contributed by atoms with Gasteiger partial charge in [-0.05, 0) is 56.0 Å². The average Bonchev–Trinajstić information content (AvgIpc) is 3.45. The molecular weight excluding hydrogens is 520 g/mol. The van der Waals surface area contributed by atoms with Crippen molar-refractivity contribution in [1.82, 2.24) is 25.3 Å². The third-order valence-electron chi connectivity index (χ3n) is 7.78. The number of imide groups is 1. The van der Waals surface area contributed by atoms with Crippen LogP contribution in [0.2, 0.25) is 5.02 Å². The number of amides is 5. The van der Waals surface area contributed by atoms with Gasteiger partial charge >= 0.3 is 6.03 Å². The molecule has 0 unspecified atom stereocenters. The molecule has 2 fully saturated rings. The first-order valence-corrected chi connectivity index (χ1v) is 13.3. The Labute approximate surface area is 231 Å². The van der Waals surface area contributed by atoms with E-state index in [0.717, 1.165) is 21.4 Å². The first kappa shape index (κ1) is 26.7. The number of rotatable bonds is 5. The summed E-state index contributed by atoms with van der Waals surface area (Å²) in [4.78, 5) is 57.8. The highest BCUT2D eigenvalue weighted by Gasteiger charge is 2.58. The fourth-order valence-corrected chi connectivity index (χ4v) is 5.73. The van der Waals surface area contributed by atoms with Crippen molar-refractivity contribution in [3.8, 4) is 0 Å². The van der Waals surface area contributed by atoms with E-state index in [1.165, 1.54) is 7.05 Å². The van der Waals surface area contributed by atoms with E-state index in [9.17, 15) is 19.2 Å². The summed E-state index contributed by atoms with van der Waals surface area (Å²) in [6.45, 7) is 6.13. The van der Waals surface area contributed by atoms with E-state index >= 15 is 0 Å². The number of halogens is 1. The number of piperidine rings is 1. The molecule has 5 amide bonds. The van der Waals surface area contributed by atoms with Gasteiger partial charge in [-0.3, -0.25) is 29.3 Å². The van der Waals surface area contributed by atoms with Gasteiger partial charge in [-0.25, -0.2) is 4.79 Å². The highest BCUT2D eigenvalue weighted by Crippen LogP contribution is 2.41. The van der Waals surface area contributed by atoms with Gasteiger partial charge in [-0.15, -0.1) is 0 Å². The summed E-state index contributed by atoms with van der Waals surface area (Å²) in [6.07, 6.45) is 2.22. The maximum Gasteiger partial charge on any atom is 0.331 e. The Morgan fingerprint density at radius 2 is 1.82 bits per heavy atom. The van der Waals surface area contributed by atoms with Crippen molar-refractivity contribution >= 4 is 51.9 Å². The zero-order valence-electron chi connectivity index (χ0n) is 22.3. The number of urea groups is 1. The number of H-pyrrole nitrogens is 1. The number of nitrogens with zero attached hydrogens (tertiary/aromatic N) is 4. The van der Waals surface area contributed by atoms with Crippen molar-refractivity contribution in [2.24, 2.45) is 5.92 Å². The molecule has 0 radical (unpaired) electrons. The van der Waals surface area contributed by atoms with Gasteiger partial charge in [0.2, 0.25) is 5.91 Å². The summed E-state index contributed by atoms with van der Waals surface area (Å²) in [5, 5.41) is 10.9. The Morgan fingerprint density at radius 3 is 2.51 bits per heavy atom. The van der Waals surface area contributed by atoms with Crippen LogP contribution in [0.1, 0.15) is 42.6 Å². The van der Waals surface area contributed by atoms with Gasteiger partial charge in [-0.2, -0.15) is 5.10 Å². The van der Waals surface area contributed by atoms with E-state index in [2.05, 4.69) is 15.5 Å². The van der Waals surface area contributed by atoms with Crippen LogP contribution in [-0.2, 0) is 9.59 Å². The molecule has 3 aromatic rings. The van der Waals surface area contributed by atoms with Crippen molar-refractivity contribution in [2.75, 3.05) is 25.0 Å². The van der Waals surface area contributed by atoms with Gasteiger partial charge in [0.25, 0.3) is 11.8 Å². The molecule has 3 heterocycles. The lowest BCUT2D eigenvalue weighted by atomic mass is 9.85. The number of carbonyl (C=O) groups is 4. The summed E-state index contributed by atoms with van der Waals surface area (Å²) in [6, 6.07) is 9.46. The number of likely N-dealkylation sites (tertiary alicyclic amines) is 1. The predicted octanol–water partition coefficient (Wildman–Crippen LogP) is 3.74. The Bertz CT molecular complexity index is 1480. The van der Waals surface area contributed by atoms with Crippen molar-refractivity contribution in [1.29, 1.82) is 0 Å². The van der Waals surface area contributed by atoms with E-state index in [1.807, 2.05) is 39.0 Å². The van der Waals surface area contributed by atoms with Crippen LogP contribution in [0.15, 0.2) is 42.6 Å². The van der Waals surface area contributed by atoms with Crippen LogP contribution in [-0.4, -0.2) is 75.5 Å². The van der Waals surface area contributed by atoms with Gasteiger partial charge in [0.15, 0.2) is 0 Å². The number of aromatic amines is 1. The zero-order valence-corrected chi connectivity index (χ0v) is 23.1. The van der Waals surface area contributed by atoms with E-state index in [1.54, 1.807) is 34.2 Å². The smallest absolute Gasteiger partial charge is 0.331 e. The molecule has 204 valence electrons. The summed E-state index contributed by atoms with van der Waals surface area (Å²) in [5.74, 6) is -1.11. The number of anilines is 1. The third-order valence-corrected chi connectivity index (χ3v) is 8.11. The Balaban J connectivity index is 1.36. The summed E-state index contributed by atoms with van der Waals surface area (Å²) < 4.78 is 0. The predicted molar refractivity (Wildman–Crippen MR) is 148 cm³/mol. The van der Waals surface area contributed by atoms with Crippen molar-refractivity contribution in [2.45, 2.75) is 45.2 Å². The standard InChI is InChI=1S/C28H31ClN6O4/c1-16(2)23(31-24(36)20-13-17(3)5-7-21(20)29)25(37)34-11-9-28(10-12-34)26(38)33(4)27(39)35(28)19-6-8-22-18(14-19)15-30-32-22/h5-8,13-16,23H,9-12H2,1-4H3,(H,30,32)(H,31,36)/t23-/m1/s1. The SMILES string of the molecule is Cc1ccc(Cl)c(C(=O)N[C@@H](C(=O)N2CCC3(CC2)C(=O)N(C)C(=O)N3c2ccc3[nH]ncc3c2)C(C)C)c1. The molecular formula is C28H31ClN6O4. The number of benzene rings is 2. The van der Waals surface area contributed by atoms with E-state index in [0.29, 0.717) is 16.3 Å². The minimum atomic E-state index is -1.09. The molecule has 1 aromatic heterocycles. The highest BCUT2D eigenvalue weighted by molar-refractivity contribution is 6.33. The van der Waals surface area contributed by atoms with Crippen LogP contribution in [0.5, 0.6) is 0 Å². The highest BCUT2D eigenvalue weighted by atomic mass is 35.5. The fourth-order valence-electron chi connectivity index (χ4n) is 5.53. The molecule has 11 heteroatoms. The molecule has 2 aliphatic rings. The number of likely N-dealkylation sites (N-methyl/N-ethyl adjacent to an activating group) is 1. The van der Waals surface area contributed by atoms with Gasteiger partial charge < -0.3 is 10.2 Å². The van der Waals surface area contributed by atoms with Gasteiger partial charge in [0.1, 0.15) is 11.6 Å². The van der Waals surface area contributed by atoms with Gasteiger partial charge in [0, 0.05) is 31.2 Å². The molecule has 10 nitrogen and oxygen atoms in total. The number of fused-ring (bicyclic) bond motifs is 1. The Morgan fingerprint density at radius 1 is 1.10 bits per heavy atom. The first-order chi connectivity index (χ1) is 18.5. The normalized spacial score (nSPS) is 17.9. The summed E-state index contributed by atoms with van der Waals surface area (Å²) in [5.41, 5.74) is 1.54. The van der Waals surface area contributed by atoms with Crippen LogP contribution in [0.25, 0.3) is 10.9 Å². The van der Waals surface area contributed by atoms with Crippen molar-refractivity contribution < 1.29 is 19.2 Å². The van der Waals surface area contributed by atoms with Crippen LogP contribution in [0, 0.1) is 12.8 Å². The number of hydrogen-bond acceptors (Lipinski definition) is 5. The molecule has 1 atom stereocenters. The second-order valence-corrected chi connectivity index (χ2v) is 11.1. The minimum Gasteiger partial charge on any atom is -0.341 e. The van der Waals surface area contributed by atoms with Crippen molar-refractivity contribution in [3.63, 3.8) is 0 Å². The Kier molecular flexibility index (Phi) is 6.84. The first-order valence-electron chi connectivity index (χ1n) is 12.9. The van der Waals surface area contributed by atoms with Crippen LogP contribution < -0.4 is 10.2 Å². The number of aromatic nitrogens is 2. The van der Waals surface area contributed by atoms with Crippen LogP contribution in [0.4, 0.5) is 10.5 Å². The van der Waals surface area contributed by atoms with E-state index in [-0.39, 0.29) is 43.7 Å². The van der Waals surface area contributed by atoms with Crippen LogP contribution >= 0.6 is 11.6 Å². The molecule has 0 saturated carbocycles. The number of aryl methyl sites for hydroxylation is 1. The monoisotopic (exact) mass is 550 g/mol. The average molecular weight is 551 g/mol. The topological polar surface area (TPSA) is 119 Å². The molecule has 1 spiro atoms. The second-order valence-electron chi connectivity index (χ2n) is 10.7. The maximum absolute atomic E-state index is 13.6. The largest absolute Gasteiger partial charge is 0.341 e. The van der Waals surface area contributed by atoms with Gasteiger partial charge in [-0.1, -0.05) is 37.1 Å². The zero-order chi connectivity index (χ0) is 28.1.